The monoisotopic (exact) mass is 258 g/mol. The van der Waals surface area contributed by atoms with Crippen molar-refractivity contribution in [2.24, 2.45) is 7.05 Å². The lowest BCUT2D eigenvalue weighted by Gasteiger charge is -2.13. The standard InChI is InChI=1S/C11H14N8/c1-7(10-16-13-6-18(10)3)14-9-11-17-15-8(2)19(11)5-4-12-9/h4-7H,1-3H3,(H,12,14). The highest BCUT2D eigenvalue weighted by Crippen LogP contribution is 2.18. The van der Waals surface area contributed by atoms with E-state index >= 15 is 0 Å². The molecule has 0 spiro atoms. The molecule has 3 aromatic heterocycles. The highest BCUT2D eigenvalue weighted by atomic mass is 15.3. The van der Waals surface area contributed by atoms with E-state index < -0.39 is 0 Å². The van der Waals surface area contributed by atoms with E-state index in [1.165, 1.54) is 0 Å². The van der Waals surface area contributed by atoms with Crippen LogP contribution in [0.25, 0.3) is 5.65 Å². The molecule has 3 heterocycles. The summed E-state index contributed by atoms with van der Waals surface area (Å²) in [6, 6.07) is -0.0248. The zero-order chi connectivity index (χ0) is 13.4. The van der Waals surface area contributed by atoms with E-state index in [2.05, 4.69) is 30.7 Å². The molecule has 0 fully saturated rings. The molecule has 0 saturated heterocycles. The second kappa shape index (κ2) is 4.30. The topological polar surface area (TPSA) is 85.8 Å². The van der Waals surface area contributed by atoms with E-state index in [4.69, 9.17) is 0 Å². The summed E-state index contributed by atoms with van der Waals surface area (Å²) >= 11 is 0. The fraction of sp³-hybridized carbons (Fsp3) is 0.364. The Labute approximate surface area is 109 Å². The Kier molecular flexibility index (Phi) is 2.62. The van der Waals surface area contributed by atoms with Gasteiger partial charge in [-0.2, -0.15) is 0 Å². The van der Waals surface area contributed by atoms with E-state index in [-0.39, 0.29) is 6.04 Å². The van der Waals surface area contributed by atoms with Crippen LogP contribution < -0.4 is 5.32 Å². The molecule has 0 amide bonds. The first-order chi connectivity index (χ1) is 9.16. The van der Waals surface area contributed by atoms with Gasteiger partial charge in [-0.15, -0.1) is 20.4 Å². The van der Waals surface area contributed by atoms with Gasteiger partial charge in [0.2, 0.25) is 5.65 Å². The lowest BCUT2D eigenvalue weighted by molar-refractivity contribution is 0.716. The minimum Gasteiger partial charge on any atom is -0.357 e. The predicted octanol–water partition coefficient (Wildman–Crippen LogP) is 0.734. The Balaban J connectivity index is 1.95. The van der Waals surface area contributed by atoms with Crippen LogP contribution >= 0.6 is 0 Å². The predicted molar refractivity (Wildman–Crippen MR) is 68.6 cm³/mol. The van der Waals surface area contributed by atoms with Gasteiger partial charge in [0.15, 0.2) is 11.6 Å². The van der Waals surface area contributed by atoms with Crippen molar-refractivity contribution in [3.05, 3.63) is 30.4 Å². The summed E-state index contributed by atoms with van der Waals surface area (Å²) in [5.74, 6) is 2.34. The van der Waals surface area contributed by atoms with Gasteiger partial charge < -0.3 is 9.88 Å². The van der Waals surface area contributed by atoms with Gasteiger partial charge in [-0.05, 0) is 13.8 Å². The van der Waals surface area contributed by atoms with Gasteiger partial charge in [0.25, 0.3) is 0 Å². The Morgan fingerprint density at radius 3 is 2.84 bits per heavy atom. The largest absolute Gasteiger partial charge is 0.357 e. The van der Waals surface area contributed by atoms with Crippen molar-refractivity contribution in [2.45, 2.75) is 19.9 Å². The van der Waals surface area contributed by atoms with Crippen LogP contribution in [0, 0.1) is 6.92 Å². The fourth-order valence-corrected chi connectivity index (χ4v) is 2.00. The molecule has 1 unspecified atom stereocenters. The Bertz CT molecular complexity index is 712. The zero-order valence-electron chi connectivity index (χ0n) is 10.9. The first-order valence-electron chi connectivity index (χ1n) is 5.93. The summed E-state index contributed by atoms with van der Waals surface area (Å²) in [5.41, 5.74) is 0.703. The van der Waals surface area contributed by atoms with Gasteiger partial charge >= 0.3 is 0 Å². The van der Waals surface area contributed by atoms with Gasteiger partial charge in [-0.1, -0.05) is 0 Å². The van der Waals surface area contributed by atoms with Gasteiger partial charge in [-0.3, -0.25) is 4.40 Å². The normalized spacial score (nSPS) is 12.8. The lowest BCUT2D eigenvalue weighted by Crippen LogP contribution is -2.13. The number of fused-ring (bicyclic) bond motifs is 1. The molecule has 98 valence electrons. The third kappa shape index (κ3) is 1.90. The average molecular weight is 258 g/mol. The van der Waals surface area contributed by atoms with E-state index in [0.29, 0.717) is 11.5 Å². The van der Waals surface area contributed by atoms with Crippen LogP contribution in [0.3, 0.4) is 0 Å². The molecular weight excluding hydrogens is 244 g/mol. The smallest absolute Gasteiger partial charge is 0.203 e. The van der Waals surface area contributed by atoms with Crippen molar-refractivity contribution in [1.29, 1.82) is 0 Å². The van der Waals surface area contributed by atoms with Gasteiger partial charge in [0, 0.05) is 19.4 Å². The van der Waals surface area contributed by atoms with E-state index in [1.54, 1.807) is 12.5 Å². The van der Waals surface area contributed by atoms with Crippen LogP contribution in [-0.2, 0) is 7.05 Å². The summed E-state index contributed by atoms with van der Waals surface area (Å²) in [5, 5.41) is 19.4. The number of nitrogens with zero attached hydrogens (tertiary/aromatic N) is 7. The number of aryl methyl sites for hydroxylation is 2. The molecular formula is C11H14N8. The third-order valence-electron chi connectivity index (χ3n) is 2.98. The first kappa shape index (κ1) is 11.6. The molecule has 0 bridgehead atoms. The van der Waals surface area contributed by atoms with Crippen LogP contribution in [0.15, 0.2) is 18.7 Å². The molecule has 0 aliphatic rings. The molecule has 0 saturated carbocycles. The van der Waals surface area contributed by atoms with Gasteiger partial charge in [0.05, 0.1) is 6.04 Å². The van der Waals surface area contributed by atoms with E-state index in [0.717, 1.165) is 11.6 Å². The number of rotatable bonds is 3. The summed E-state index contributed by atoms with van der Waals surface area (Å²) in [7, 11) is 1.91. The lowest BCUT2D eigenvalue weighted by atomic mass is 10.3. The number of nitrogens with one attached hydrogen (secondary N) is 1. The Morgan fingerprint density at radius 2 is 2.11 bits per heavy atom. The van der Waals surface area contributed by atoms with Crippen LogP contribution in [0.1, 0.15) is 24.6 Å². The Hall–Kier alpha value is -2.51. The van der Waals surface area contributed by atoms with Crippen LogP contribution in [-0.4, -0.2) is 34.3 Å². The quantitative estimate of drug-likeness (QED) is 0.745. The van der Waals surface area contributed by atoms with Crippen molar-refractivity contribution in [2.75, 3.05) is 5.32 Å². The van der Waals surface area contributed by atoms with Crippen molar-refractivity contribution in [3.8, 4) is 0 Å². The molecule has 0 aliphatic carbocycles. The highest BCUT2D eigenvalue weighted by molar-refractivity contribution is 5.62. The molecule has 0 aromatic carbocycles. The van der Waals surface area contributed by atoms with Crippen LogP contribution in [0.2, 0.25) is 0 Å². The fourth-order valence-electron chi connectivity index (χ4n) is 2.00. The SMILES string of the molecule is Cc1nnc2c(NC(C)c3nncn3C)nccn12. The molecule has 8 heteroatoms. The van der Waals surface area contributed by atoms with Crippen molar-refractivity contribution in [3.63, 3.8) is 0 Å². The van der Waals surface area contributed by atoms with Crippen molar-refractivity contribution < 1.29 is 0 Å². The molecule has 3 aromatic rings. The minimum absolute atomic E-state index is 0.0248. The summed E-state index contributed by atoms with van der Waals surface area (Å²) < 4.78 is 3.76. The molecule has 1 N–H and O–H groups in total. The molecule has 1 atom stereocenters. The number of hydrogen-bond donors (Lipinski definition) is 1. The van der Waals surface area contributed by atoms with E-state index in [9.17, 15) is 0 Å². The second-order valence-electron chi connectivity index (χ2n) is 4.38. The van der Waals surface area contributed by atoms with Gasteiger partial charge in [-0.25, -0.2) is 4.98 Å². The summed E-state index contributed by atoms with van der Waals surface area (Å²) in [6.45, 7) is 3.90. The minimum atomic E-state index is -0.0248. The van der Waals surface area contributed by atoms with Crippen molar-refractivity contribution in [1.82, 2.24) is 34.3 Å². The van der Waals surface area contributed by atoms with Crippen molar-refractivity contribution >= 4 is 11.5 Å². The van der Waals surface area contributed by atoms with Gasteiger partial charge in [0.1, 0.15) is 12.2 Å². The number of hydrogen-bond acceptors (Lipinski definition) is 6. The zero-order valence-corrected chi connectivity index (χ0v) is 10.9. The molecule has 3 rings (SSSR count). The molecule has 8 nitrogen and oxygen atoms in total. The van der Waals surface area contributed by atoms with Crippen LogP contribution in [0.5, 0.6) is 0 Å². The maximum absolute atomic E-state index is 4.31. The Morgan fingerprint density at radius 1 is 1.26 bits per heavy atom. The molecule has 19 heavy (non-hydrogen) atoms. The maximum Gasteiger partial charge on any atom is 0.203 e. The first-order valence-corrected chi connectivity index (χ1v) is 5.93. The average Bonchev–Trinajstić information content (AvgIpc) is 2.97. The number of aromatic nitrogens is 7. The molecule has 0 aliphatic heterocycles. The van der Waals surface area contributed by atoms with E-state index in [1.807, 2.05) is 36.1 Å². The highest BCUT2D eigenvalue weighted by Gasteiger charge is 2.14. The maximum atomic E-state index is 4.31. The summed E-state index contributed by atoms with van der Waals surface area (Å²) in [6.07, 6.45) is 5.22. The van der Waals surface area contributed by atoms with Crippen LogP contribution in [0.4, 0.5) is 5.82 Å². The summed E-state index contributed by atoms with van der Waals surface area (Å²) in [4.78, 5) is 4.31. The molecule has 0 radical (unpaired) electrons. The number of anilines is 1. The third-order valence-corrected chi connectivity index (χ3v) is 2.98. The second-order valence-corrected chi connectivity index (χ2v) is 4.38.